The number of hydrogen-bond donors (Lipinski definition) is 1. The van der Waals surface area contributed by atoms with Crippen molar-refractivity contribution in [1.29, 1.82) is 0 Å². The van der Waals surface area contributed by atoms with E-state index in [1.54, 1.807) is 6.20 Å². The summed E-state index contributed by atoms with van der Waals surface area (Å²) in [5, 5.41) is 2.87. The van der Waals surface area contributed by atoms with Gasteiger partial charge in [0.15, 0.2) is 0 Å². The third-order valence-electron chi connectivity index (χ3n) is 3.07. The van der Waals surface area contributed by atoms with Crippen LogP contribution in [-0.4, -0.2) is 65.6 Å². The number of aromatic nitrogens is 2. The van der Waals surface area contributed by atoms with Gasteiger partial charge in [-0.1, -0.05) is 0 Å². The van der Waals surface area contributed by atoms with Crippen molar-refractivity contribution in [2.24, 2.45) is 0 Å². The highest BCUT2D eigenvalue weighted by atomic mass is 16.2. The Kier molecular flexibility index (Phi) is 4.22. The standard InChI is InChI=1S/C12H19N5O/c1-10-7-14-11(8-13-10)12(18)15-9-17-5-3-16(2)4-6-17/h7-8H,3-6,9H2,1-2H3,(H,15,18). The van der Waals surface area contributed by atoms with Crippen LogP contribution in [0.15, 0.2) is 12.4 Å². The summed E-state index contributed by atoms with van der Waals surface area (Å²) in [6.07, 6.45) is 3.11. The minimum absolute atomic E-state index is 0.165. The molecule has 1 amide bonds. The lowest BCUT2D eigenvalue weighted by atomic mass is 10.3. The van der Waals surface area contributed by atoms with E-state index < -0.39 is 0 Å². The van der Waals surface area contributed by atoms with Crippen molar-refractivity contribution in [2.75, 3.05) is 39.9 Å². The van der Waals surface area contributed by atoms with Gasteiger partial charge in [-0.2, -0.15) is 0 Å². The molecule has 0 unspecified atom stereocenters. The Balaban J connectivity index is 1.79. The van der Waals surface area contributed by atoms with Crippen LogP contribution in [0.3, 0.4) is 0 Å². The first-order valence-electron chi connectivity index (χ1n) is 6.13. The van der Waals surface area contributed by atoms with Crippen LogP contribution in [0.2, 0.25) is 0 Å². The molecule has 6 nitrogen and oxygen atoms in total. The summed E-state index contributed by atoms with van der Waals surface area (Å²) in [4.78, 5) is 24.4. The summed E-state index contributed by atoms with van der Waals surface area (Å²) in [5.74, 6) is -0.165. The van der Waals surface area contributed by atoms with E-state index in [2.05, 4.69) is 32.1 Å². The van der Waals surface area contributed by atoms with Crippen LogP contribution in [0, 0.1) is 6.92 Å². The molecule has 1 saturated heterocycles. The Morgan fingerprint density at radius 3 is 2.61 bits per heavy atom. The number of nitrogens with zero attached hydrogens (tertiary/aromatic N) is 4. The highest BCUT2D eigenvalue weighted by molar-refractivity contribution is 5.91. The van der Waals surface area contributed by atoms with E-state index in [1.807, 2.05) is 6.92 Å². The number of carbonyl (C=O) groups is 1. The first kappa shape index (κ1) is 12.9. The number of piperazine rings is 1. The summed E-state index contributed by atoms with van der Waals surface area (Å²) in [6, 6.07) is 0. The molecule has 0 atom stereocenters. The number of carbonyl (C=O) groups excluding carboxylic acids is 1. The highest BCUT2D eigenvalue weighted by Crippen LogP contribution is 1.98. The summed E-state index contributed by atoms with van der Waals surface area (Å²) < 4.78 is 0. The third-order valence-corrected chi connectivity index (χ3v) is 3.07. The lowest BCUT2D eigenvalue weighted by Crippen LogP contribution is -2.48. The van der Waals surface area contributed by atoms with Gasteiger partial charge in [0, 0.05) is 32.4 Å². The lowest BCUT2D eigenvalue weighted by Gasteiger charge is -2.32. The average Bonchev–Trinajstić information content (AvgIpc) is 2.38. The molecule has 1 aromatic rings. The molecule has 0 saturated carbocycles. The Bertz CT molecular complexity index is 397. The number of nitrogens with one attached hydrogen (secondary N) is 1. The summed E-state index contributed by atoms with van der Waals surface area (Å²) in [7, 11) is 2.11. The zero-order valence-electron chi connectivity index (χ0n) is 10.9. The molecule has 0 bridgehead atoms. The van der Waals surface area contributed by atoms with Crippen molar-refractivity contribution in [3.05, 3.63) is 23.8 Å². The minimum atomic E-state index is -0.165. The first-order valence-corrected chi connectivity index (χ1v) is 6.13. The zero-order chi connectivity index (χ0) is 13.0. The number of aryl methyl sites for hydroxylation is 1. The quantitative estimate of drug-likeness (QED) is 0.798. The van der Waals surface area contributed by atoms with Gasteiger partial charge in [0.1, 0.15) is 5.69 Å². The molecule has 18 heavy (non-hydrogen) atoms. The number of hydrogen-bond acceptors (Lipinski definition) is 5. The maximum atomic E-state index is 11.8. The van der Waals surface area contributed by atoms with Crippen molar-refractivity contribution in [3.8, 4) is 0 Å². The van der Waals surface area contributed by atoms with E-state index in [4.69, 9.17) is 0 Å². The second-order valence-electron chi connectivity index (χ2n) is 4.63. The molecular weight excluding hydrogens is 230 g/mol. The molecule has 98 valence electrons. The van der Waals surface area contributed by atoms with E-state index in [1.165, 1.54) is 6.20 Å². The van der Waals surface area contributed by atoms with Gasteiger partial charge in [-0.05, 0) is 14.0 Å². The van der Waals surface area contributed by atoms with Gasteiger partial charge in [-0.25, -0.2) is 4.98 Å². The van der Waals surface area contributed by atoms with Crippen LogP contribution in [0.5, 0.6) is 0 Å². The predicted molar refractivity (Wildman–Crippen MR) is 68.2 cm³/mol. The van der Waals surface area contributed by atoms with Gasteiger partial charge in [0.2, 0.25) is 0 Å². The van der Waals surface area contributed by atoms with Crippen LogP contribution in [0.4, 0.5) is 0 Å². The van der Waals surface area contributed by atoms with Crippen molar-refractivity contribution in [1.82, 2.24) is 25.1 Å². The van der Waals surface area contributed by atoms with Gasteiger partial charge in [-0.15, -0.1) is 0 Å². The smallest absolute Gasteiger partial charge is 0.272 e. The second-order valence-corrected chi connectivity index (χ2v) is 4.63. The summed E-state index contributed by atoms with van der Waals surface area (Å²) >= 11 is 0. The van der Waals surface area contributed by atoms with E-state index in [-0.39, 0.29) is 5.91 Å². The summed E-state index contributed by atoms with van der Waals surface area (Å²) in [5.41, 5.74) is 1.18. The second kappa shape index (κ2) is 5.88. The monoisotopic (exact) mass is 249 g/mol. The minimum Gasteiger partial charge on any atom is -0.338 e. The van der Waals surface area contributed by atoms with Crippen molar-refractivity contribution in [2.45, 2.75) is 6.92 Å². The van der Waals surface area contributed by atoms with E-state index in [0.29, 0.717) is 12.4 Å². The number of amides is 1. The van der Waals surface area contributed by atoms with Crippen LogP contribution in [0.25, 0.3) is 0 Å². The number of likely N-dealkylation sites (N-methyl/N-ethyl adjacent to an activating group) is 1. The first-order chi connectivity index (χ1) is 8.65. The zero-order valence-corrected chi connectivity index (χ0v) is 10.9. The SMILES string of the molecule is Cc1cnc(C(=O)NCN2CCN(C)CC2)cn1. The highest BCUT2D eigenvalue weighted by Gasteiger charge is 2.15. The van der Waals surface area contributed by atoms with Crippen LogP contribution in [-0.2, 0) is 0 Å². The Hall–Kier alpha value is -1.53. The molecule has 2 rings (SSSR count). The van der Waals surface area contributed by atoms with E-state index in [9.17, 15) is 4.79 Å². The number of rotatable bonds is 3. The maximum Gasteiger partial charge on any atom is 0.272 e. The van der Waals surface area contributed by atoms with Gasteiger partial charge in [-0.3, -0.25) is 14.7 Å². The molecule has 1 aliphatic heterocycles. The molecule has 0 aromatic carbocycles. The Morgan fingerprint density at radius 2 is 2.00 bits per heavy atom. The molecule has 1 aromatic heterocycles. The molecule has 2 heterocycles. The third kappa shape index (κ3) is 3.48. The lowest BCUT2D eigenvalue weighted by molar-refractivity contribution is 0.0885. The topological polar surface area (TPSA) is 61.4 Å². The van der Waals surface area contributed by atoms with Gasteiger partial charge < -0.3 is 10.2 Å². The molecule has 1 aliphatic rings. The van der Waals surface area contributed by atoms with Crippen LogP contribution >= 0.6 is 0 Å². The summed E-state index contributed by atoms with van der Waals surface area (Å²) in [6.45, 7) is 6.47. The average molecular weight is 249 g/mol. The molecule has 0 aliphatic carbocycles. The maximum absolute atomic E-state index is 11.8. The van der Waals surface area contributed by atoms with Crippen LogP contribution in [0.1, 0.15) is 16.2 Å². The normalized spacial score (nSPS) is 17.7. The van der Waals surface area contributed by atoms with Crippen molar-refractivity contribution in [3.63, 3.8) is 0 Å². The van der Waals surface area contributed by atoms with Crippen molar-refractivity contribution < 1.29 is 4.79 Å². The molecule has 6 heteroatoms. The fourth-order valence-electron chi connectivity index (χ4n) is 1.79. The van der Waals surface area contributed by atoms with Crippen molar-refractivity contribution >= 4 is 5.91 Å². The molecule has 0 radical (unpaired) electrons. The van der Waals surface area contributed by atoms with E-state index in [0.717, 1.165) is 31.9 Å². The van der Waals surface area contributed by atoms with E-state index >= 15 is 0 Å². The largest absolute Gasteiger partial charge is 0.338 e. The molecule has 1 N–H and O–H groups in total. The van der Waals surface area contributed by atoms with Gasteiger partial charge >= 0.3 is 0 Å². The van der Waals surface area contributed by atoms with Gasteiger partial charge in [0.05, 0.1) is 18.6 Å². The fourth-order valence-corrected chi connectivity index (χ4v) is 1.79. The molecular formula is C12H19N5O. The fraction of sp³-hybridized carbons (Fsp3) is 0.583. The Morgan fingerprint density at radius 1 is 1.28 bits per heavy atom. The molecule has 1 fully saturated rings. The predicted octanol–water partition coefficient (Wildman–Crippen LogP) is -0.280. The van der Waals surface area contributed by atoms with Gasteiger partial charge in [0.25, 0.3) is 5.91 Å². The van der Waals surface area contributed by atoms with Crippen LogP contribution < -0.4 is 5.32 Å². The molecule has 0 spiro atoms. The Labute approximate surface area is 107 Å².